The smallest absolute Gasteiger partial charge is 0.255 e. The van der Waals surface area contributed by atoms with E-state index >= 15 is 0 Å². The quantitative estimate of drug-likeness (QED) is 0.220. The number of amides is 2. The van der Waals surface area contributed by atoms with E-state index in [4.69, 9.17) is 0 Å². The maximum Gasteiger partial charge on any atom is 0.255 e. The van der Waals surface area contributed by atoms with Crippen molar-refractivity contribution in [2.45, 2.75) is 15.6 Å². The Morgan fingerprint density at radius 1 is 0.829 bits per heavy atom. The van der Waals surface area contributed by atoms with Crippen LogP contribution in [0, 0.1) is 6.92 Å². The molecule has 3 aromatic carbocycles. The van der Waals surface area contributed by atoms with Gasteiger partial charge in [0.15, 0.2) is 8.68 Å². The Balaban J connectivity index is 1.20. The summed E-state index contributed by atoms with van der Waals surface area (Å²) in [6, 6.07) is 18.9. The average molecular weight is 537 g/mol. The van der Waals surface area contributed by atoms with Crippen molar-refractivity contribution in [1.82, 2.24) is 9.97 Å². The molecule has 5 rings (SSSR count). The number of hydrogen-bond donors (Lipinski definition) is 2. The number of aryl methyl sites for hydroxylation is 1. The van der Waals surface area contributed by atoms with Gasteiger partial charge in [0, 0.05) is 16.9 Å². The molecule has 0 saturated heterocycles. The van der Waals surface area contributed by atoms with Gasteiger partial charge in [-0.25, -0.2) is 9.97 Å². The minimum atomic E-state index is -0.152. The van der Waals surface area contributed by atoms with Crippen LogP contribution in [0.5, 0.6) is 0 Å². The van der Waals surface area contributed by atoms with Gasteiger partial charge in [0.1, 0.15) is 0 Å². The van der Waals surface area contributed by atoms with Crippen LogP contribution in [0.2, 0.25) is 0 Å². The number of nitrogens with zero attached hydrogens (tertiary/aromatic N) is 2. The SMILES string of the molecule is CSc1nc2ccc(NC(=O)CSc3nc4ccc(NC(=O)c5ccc(C)cc5)cc4s3)cc2s1. The highest BCUT2D eigenvalue weighted by Gasteiger charge is 2.12. The molecule has 0 spiro atoms. The van der Waals surface area contributed by atoms with Gasteiger partial charge in [0.2, 0.25) is 5.91 Å². The van der Waals surface area contributed by atoms with Crippen LogP contribution in [0.3, 0.4) is 0 Å². The van der Waals surface area contributed by atoms with E-state index in [1.54, 1.807) is 23.1 Å². The molecule has 2 heterocycles. The van der Waals surface area contributed by atoms with Crippen molar-refractivity contribution >= 4 is 89.8 Å². The molecule has 0 aliphatic heterocycles. The molecule has 2 amide bonds. The first-order valence-corrected chi connectivity index (χ1v) is 14.5. The van der Waals surface area contributed by atoms with Gasteiger partial charge < -0.3 is 10.6 Å². The number of benzene rings is 3. The zero-order chi connectivity index (χ0) is 24.4. The Kier molecular flexibility index (Phi) is 7.05. The van der Waals surface area contributed by atoms with E-state index in [-0.39, 0.29) is 17.6 Å². The lowest BCUT2D eigenvalue weighted by atomic mass is 10.1. The van der Waals surface area contributed by atoms with E-state index in [9.17, 15) is 9.59 Å². The number of thioether (sulfide) groups is 2. The summed E-state index contributed by atoms with van der Waals surface area (Å²) in [4.78, 5) is 34.2. The van der Waals surface area contributed by atoms with E-state index in [1.807, 2.05) is 73.8 Å². The van der Waals surface area contributed by atoms with Gasteiger partial charge >= 0.3 is 0 Å². The lowest BCUT2D eigenvalue weighted by Crippen LogP contribution is -2.13. The van der Waals surface area contributed by atoms with Crippen LogP contribution in [0.1, 0.15) is 15.9 Å². The number of anilines is 2. The first kappa shape index (κ1) is 23.8. The minimum Gasteiger partial charge on any atom is -0.325 e. The van der Waals surface area contributed by atoms with Crippen LogP contribution in [-0.2, 0) is 4.79 Å². The van der Waals surface area contributed by atoms with Gasteiger partial charge in [0.05, 0.1) is 26.2 Å². The van der Waals surface area contributed by atoms with Crippen molar-refractivity contribution in [3.05, 3.63) is 71.8 Å². The molecule has 35 heavy (non-hydrogen) atoms. The second-order valence-corrected chi connectivity index (χ2v) is 12.0. The zero-order valence-electron chi connectivity index (χ0n) is 18.8. The number of thiazole rings is 2. The van der Waals surface area contributed by atoms with Crippen LogP contribution in [0.15, 0.2) is 69.3 Å². The lowest BCUT2D eigenvalue weighted by Gasteiger charge is -2.05. The highest BCUT2D eigenvalue weighted by atomic mass is 32.2. The van der Waals surface area contributed by atoms with E-state index in [2.05, 4.69) is 20.6 Å². The van der Waals surface area contributed by atoms with E-state index < -0.39 is 0 Å². The topological polar surface area (TPSA) is 84.0 Å². The molecule has 0 unspecified atom stereocenters. The summed E-state index contributed by atoms with van der Waals surface area (Å²) in [6.45, 7) is 1.99. The Bertz CT molecular complexity index is 1540. The molecule has 2 N–H and O–H groups in total. The summed E-state index contributed by atoms with van der Waals surface area (Å²) >= 11 is 6.13. The molecule has 0 atom stereocenters. The highest BCUT2D eigenvalue weighted by Crippen LogP contribution is 2.32. The van der Waals surface area contributed by atoms with Crippen LogP contribution < -0.4 is 10.6 Å². The Morgan fingerprint density at radius 2 is 1.43 bits per heavy atom. The fourth-order valence-electron chi connectivity index (χ4n) is 3.34. The van der Waals surface area contributed by atoms with Gasteiger partial charge in [-0.1, -0.05) is 41.2 Å². The molecular formula is C25H20N4O2S4. The summed E-state index contributed by atoms with van der Waals surface area (Å²) in [5.74, 6) is 0.0174. The largest absolute Gasteiger partial charge is 0.325 e. The molecular weight excluding hydrogens is 517 g/mol. The number of fused-ring (bicyclic) bond motifs is 2. The highest BCUT2D eigenvalue weighted by molar-refractivity contribution is 8.01. The standard InChI is InChI=1S/C25H20N4O2S4/c1-14-3-5-15(6-4-14)23(31)27-17-8-10-19-21(12-17)35-25(29-19)33-13-22(30)26-16-7-9-18-20(11-16)34-24(28-18)32-2/h3-12H,13H2,1-2H3,(H,26,30)(H,27,31). The van der Waals surface area contributed by atoms with Gasteiger partial charge in [0.25, 0.3) is 5.91 Å². The molecule has 2 aromatic heterocycles. The van der Waals surface area contributed by atoms with Gasteiger partial charge in [-0.3, -0.25) is 9.59 Å². The van der Waals surface area contributed by atoms with E-state index in [0.717, 1.165) is 40.4 Å². The van der Waals surface area contributed by atoms with Crippen LogP contribution in [-0.4, -0.2) is 33.8 Å². The minimum absolute atomic E-state index is 0.0886. The first-order chi connectivity index (χ1) is 17.0. The third-order valence-electron chi connectivity index (χ3n) is 5.09. The number of carbonyl (C=O) groups is 2. The first-order valence-electron chi connectivity index (χ1n) is 10.6. The van der Waals surface area contributed by atoms with Gasteiger partial charge in [-0.2, -0.15) is 0 Å². The van der Waals surface area contributed by atoms with Gasteiger partial charge in [-0.05, 0) is 61.7 Å². The third kappa shape index (κ3) is 5.67. The number of hydrogen-bond acceptors (Lipinski definition) is 8. The van der Waals surface area contributed by atoms with Crippen molar-refractivity contribution in [1.29, 1.82) is 0 Å². The molecule has 0 radical (unpaired) electrons. The van der Waals surface area contributed by atoms with Gasteiger partial charge in [-0.15, -0.1) is 22.7 Å². The summed E-state index contributed by atoms with van der Waals surface area (Å²) < 4.78 is 3.82. The van der Waals surface area contributed by atoms with Crippen molar-refractivity contribution in [3.63, 3.8) is 0 Å². The number of nitrogens with one attached hydrogen (secondary N) is 2. The maximum atomic E-state index is 12.5. The third-order valence-corrected chi connectivity index (χ3v) is 9.26. The molecule has 6 nitrogen and oxygen atoms in total. The Hall–Kier alpha value is -2.92. The molecule has 0 aliphatic rings. The fraction of sp³-hybridized carbons (Fsp3) is 0.120. The zero-order valence-corrected chi connectivity index (χ0v) is 22.1. The molecule has 5 aromatic rings. The molecule has 176 valence electrons. The molecule has 10 heteroatoms. The van der Waals surface area contributed by atoms with Crippen molar-refractivity contribution in [2.75, 3.05) is 22.6 Å². The predicted molar refractivity (Wildman–Crippen MR) is 150 cm³/mol. The van der Waals surface area contributed by atoms with E-state index in [1.165, 1.54) is 23.1 Å². The Morgan fingerprint density at radius 3 is 2.09 bits per heavy atom. The second-order valence-electron chi connectivity index (χ2n) is 7.69. The van der Waals surface area contributed by atoms with Crippen LogP contribution in [0.25, 0.3) is 20.4 Å². The second kappa shape index (κ2) is 10.4. The van der Waals surface area contributed by atoms with Crippen molar-refractivity contribution < 1.29 is 9.59 Å². The normalized spacial score (nSPS) is 11.1. The molecule has 0 saturated carbocycles. The van der Waals surface area contributed by atoms with E-state index in [0.29, 0.717) is 11.3 Å². The lowest BCUT2D eigenvalue weighted by molar-refractivity contribution is -0.113. The monoisotopic (exact) mass is 536 g/mol. The molecule has 0 bridgehead atoms. The summed E-state index contributed by atoms with van der Waals surface area (Å²) in [5, 5.41) is 5.90. The van der Waals surface area contributed by atoms with Crippen molar-refractivity contribution in [3.8, 4) is 0 Å². The average Bonchev–Trinajstić information content (AvgIpc) is 3.46. The number of rotatable bonds is 7. The summed E-state index contributed by atoms with van der Waals surface area (Å²) in [7, 11) is 0. The molecule has 0 fully saturated rings. The fourth-order valence-corrected chi connectivity index (χ4v) is 6.78. The summed E-state index contributed by atoms with van der Waals surface area (Å²) in [6.07, 6.45) is 2.00. The van der Waals surface area contributed by atoms with Crippen molar-refractivity contribution in [2.24, 2.45) is 0 Å². The van der Waals surface area contributed by atoms with Crippen LogP contribution in [0.4, 0.5) is 11.4 Å². The number of aromatic nitrogens is 2. The Labute approximate surface area is 218 Å². The number of carbonyl (C=O) groups excluding carboxylic acids is 2. The molecule has 0 aliphatic carbocycles. The maximum absolute atomic E-state index is 12.5. The predicted octanol–water partition coefficient (Wildman–Crippen LogP) is 6.92. The summed E-state index contributed by atoms with van der Waals surface area (Å²) in [5.41, 5.74) is 4.97. The van der Waals surface area contributed by atoms with Crippen LogP contribution >= 0.6 is 46.2 Å².